The van der Waals surface area contributed by atoms with Gasteiger partial charge in [-0.25, -0.2) is 18.1 Å². The van der Waals surface area contributed by atoms with E-state index < -0.39 is 10.0 Å². The molecule has 150 valence electrons. The summed E-state index contributed by atoms with van der Waals surface area (Å²) in [6.45, 7) is 4.06. The Bertz CT molecular complexity index is 1290. The number of nitrogens with zero attached hydrogens (tertiary/aromatic N) is 5. The molecule has 9 heteroatoms. The number of sulfonamides is 1. The maximum Gasteiger partial charge on any atom is 0.263 e. The van der Waals surface area contributed by atoms with Crippen molar-refractivity contribution < 1.29 is 8.42 Å². The zero-order valence-electron chi connectivity index (χ0n) is 16.5. The van der Waals surface area contributed by atoms with E-state index in [0.29, 0.717) is 23.1 Å². The van der Waals surface area contributed by atoms with E-state index in [4.69, 9.17) is 0 Å². The Hall–Kier alpha value is -3.20. The molecule has 3 heterocycles. The normalized spacial score (nSPS) is 11.8. The zero-order chi connectivity index (χ0) is 20.6. The van der Waals surface area contributed by atoms with Crippen molar-refractivity contribution in [2.45, 2.75) is 31.6 Å². The summed E-state index contributed by atoms with van der Waals surface area (Å²) in [5.41, 5.74) is 3.93. The first-order chi connectivity index (χ1) is 13.9. The summed E-state index contributed by atoms with van der Waals surface area (Å²) in [6, 6.07) is 9.52. The van der Waals surface area contributed by atoms with Crippen LogP contribution in [0.1, 0.15) is 24.6 Å². The first kappa shape index (κ1) is 19.1. The van der Waals surface area contributed by atoms with Crippen LogP contribution in [0.2, 0.25) is 0 Å². The van der Waals surface area contributed by atoms with Gasteiger partial charge in [0.25, 0.3) is 10.0 Å². The van der Waals surface area contributed by atoms with Gasteiger partial charge >= 0.3 is 0 Å². The largest absolute Gasteiger partial charge is 0.276 e. The average molecular weight is 411 g/mol. The Kier molecular flexibility index (Phi) is 4.83. The highest BCUT2D eigenvalue weighted by atomic mass is 32.2. The lowest BCUT2D eigenvalue weighted by Gasteiger charge is -2.11. The Balaban J connectivity index is 1.72. The Morgan fingerprint density at radius 1 is 1.10 bits per heavy atom. The molecule has 0 amide bonds. The third-order valence-electron chi connectivity index (χ3n) is 4.70. The summed E-state index contributed by atoms with van der Waals surface area (Å²) in [7, 11) is -2.05. The van der Waals surface area contributed by atoms with Crippen molar-refractivity contribution in [1.82, 2.24) is 24.5 Å². The quantitative estimate of drug-likeness (QED) is 0.527. The summed E-state index contributed by atoms with van der Waals surface area (Å²) < 4.78 is 32.1. The first-order valence-corrected chi connectivity index (χ1v) is 10.8. The lowest BCUT2D eigenvalue weighted by atomic mass is 10.2. The smallest absolute Gasteiger partial charge is 0.263 e. The molecule has 0 radical (unpaired) electrons. The van der Waals surface area contributed by atoms with Crippen molar-refractivity contribution in [2.24, 2.45) is 7.05 Å². The maximum atomic E-state index is 13.0. The molecular weight excluding hydrogens is 388 g/mol. The number of hydrogen-bond acceptors (Lipinski definition) is 5. The van der Waals surface area contributed by atoms with Gasteiger partial charge in [0.1, 0.15) is 4.90 Å². The van der Waals surface area contributed by atoms with Crippen molar-refractivity contribution in [2.75, 3.05) is 4.72 Å². The lowest BCUT2D eigenvalue weighted by Crippen LogP contribution is -2.15. The molecule has 0 aliphatic rings. The fraction of sp³-hybridized carbons (Fsp3) is 0.250. The maximum absolute atomic E-state index is 13.0. The van der Waals surface area contributed by atoms with Crippen LogP contribution in [0.5, 0.6) is 0 Å². The molecule has 0 fully saturated rings. The number of fused-ring (bicyclic) bond motifs is 1. The minimum absolute atomic E-state index is 0.0868. The summed E-state index contributed by atoms with van der Waals surface area (Å²) in [5.74, 6) is 0. The van der Waals surface area contributed by atoms with Gasteiger partial charge in [0.15, 0.2) is 5.65 Å². The van der Waals surface area contributed by atoms with Crippen molar-refractivity contribution in [3.63, 3.8) is 0 Å². The van der Waals surface area contributed by atoms with E-state index in [1.807, 2.05) is 38.1 Å². The van der Waals surface area contributed by atoms with Crippen LogP contribution in [0.15, 0.2) is 53.8 Å². The predicted molar refractivity (Wildman–Crippen MR) is 112 cm³/mol. The number of hydrogen-bond donors (Lipinski definition) is 1. The summed E-state index contributed by atoms with van der Waals surface area (Å²) in [5, 5.41) is 9.22. The van der Waals surface area contributed by atoms with Crippen LogP contribution < -0.4 is 4.72 Å². The van der Waals surface area contributed by atoms with Gasteiger partial charge in [-0.15, -0.1) is 0 Å². The van der Waals surface area contributed by atoms with Gasteiger partial charge < -0.3 is 0 Å². The SMILES string of the molecule is CCCc1c(NS(=O)(=O)c2cnc3c(cnn3C)c2)cnn1-c1cccc(C)c1. The van der Waals surface area contributed by atoms with Crippen molar-refractivity contribution in [1.29, 1.82) is 0 Å². The number of nitrogens with one attached hydrogen (secondary N) is 1. The molecular formula is C20H22N6O2S. The van der Waals surface area contributed by atoms with Crippen molar-refractivity contribution in [3.05, 3.63) is 60.2 Å². The Morgan fingerprint density at radius 2 is 1.93 bits per heavy atom. The van der Waals surface area contributed by atoms with Crippen LogP contribution in [0.4, 0.5) is 5.69 Å². The summed E-state index contributed by atoms with van der Waals surface area (Å²) >= 11 is 0. The van der Waals surface area contributed by atoms with Crippen LogP contribution in [-0.4, -0.2) is 33.0 Å². The molecule has 0 saturated heterocycles. The molecule has 29 heavy (non-hydrogen) atoms. The number of anilines is 1. The molecule has 4 rings (SSSR count). The fourth-order valence-corrected chi connectivity index (χ4v) is 4.34. The van der Waals surface area contributed by atoms with E-state index in [0.717, 1.165) is 23.4 Å². The molecule has 0 atom stereocenters. The van der Waals surface area contributed by atoms with E-state index >= 15 is 0 Å². The van der Waals surface area contributed by atoms with Gasteiger partial charge in [0.05, 0.1) is 29.5 Å². The van der Waals surface area contributed by atoms with Gasteiger partial charge in [-0.2, -0.15) is 10.2 Å². The van der Waals surface area contributed by atoms with Crippen molar-refractivity contribution in [3.8, 4) is 5.69 Å². The molecule has 8 nitrogen and oxygen atoms in total. The van der Waals surface area contributed by atoms with Crippen LogP contribution in [0, 0.1) is 6.92 Å². The minimum atomic E-state index is -3.82. The average Bonchev–Trinajstić information content (AvgIpc) is 3.25. The molecule has 1 N–H and O–H groups in total. The Morgan fingerprint density at radius 3 is 2.69 bits per heavy atom. The standard InChI is InChI=1S/C20H22N6O2S/c1-4-6-19-18(13-23-26(19)16-8-5-7-14(2)9-16)24-29(27,28)17-10-15-11-22-25(3)20(15)21-12-17/h5,7-13,24H,4,6H2,1-3H3. The van der Waals surface area contributed by atoms with Gasteiger partial charge in [0.2, 0.25) is 0 Å². The fourth-order valence-electron chi connectivity index (χ4n) is 3.29. The molecule has 0 saturated carbocycles. The second-order valence-electron chi connectivity index (χ2n) is 6.96. The number of aromatic nitrogens is 5. The topological polar surface area (TPSA) is 94.7 Å². The van der Waals surface area contributed by atoms with E-state index in [1.165, 1.54) is 6.20 Å². The molecule has 4 aromatic rings. The van der Waals surface area contributed by atoms with E-state index in [2.05, 4.69) is 19.9 Å². The number of benzene rings is 1. The third-order valence-corrected chi connectivity index (χ3v) is 6.04. The second kappa shape index (κ2) is 7.32. The molecule has 0 aliphatic heterocycles. The zero-order valence-corrected chi connectivity index (χ0v) is 17.3. The monoisotopic (exact) mass is 410 g/mol. The molecule has 0 spiro atoms. The van der Waals surface area contributed by atoms with E-state index in [1.54, 1.807) is 34.9 Å². The number of rotatable bonds is 6. The predicted octanol–water partition coefficient (Wildman–Crippen LogP) is 3.22. The Labute approximate surface area is 169 Å². The van der Waals surface area contributed by atoms with E-state index in [-0.39, 0.29) is 4.90 Å². The molecule has 3 aromatic heterocycles. The van der Waals surface area contributed by atoms with Crippen LogP contribution >= 0.6 is 0 Å². The molecule has 0 aliphatic carbocycles. The number of pyridine rings is 1. The summed E-state index contributed by atoms with van der Waals surface area (Å²) in [6.07, 6.45) is 6.04. The highest BCUT2D eigenvalue weighted by Gasteiger charge is 2.21. The van der Waals surface area contributed by atoms with Crippen LogP contribution in [-0.2, 0) is 23.5 Å². The van der Waals surface area contributed by atoms with Crippen LogP contribution in [0.25, 0.3) is 16.7 Å². The number of aryl methyl sites for hydroxylation is 2. The van der Waals surface area contributed by atoms with Gasteiger partial charge in [-0.3, -0.25) is 9.40 Å². The van der Waals surface area contributed by atoms with Gasteiger partial charge in [0, 0.05) is 18.6 Å². The third kappa shape index (κ3) is 3.61. The summed E-state index contributed by atoms with van der Waals surface area (Å²) in [4.78, 5) is 4.32. The van der Waals surface area contributed by atoms with Crippen molar-refractivity contribution >= 4 is 26.7 Å². The van der Waals surface area contributed by atoms with Gasteiger partial charge in [-0.1, -0.05) is 25.5 Å². The highest BCUT2D eigenvalue weighted by Crippen LogP contribution is 2.25. The van der Waals surface area contributed by atoms with E-state index in [9.17, 15) is 8.42 Å². The molecule has 0 bridgehead atoms. The lowest BCUT2D eigenvalue weighted by molar-refractivity contribution is 0.601. The minimum Gasteiger partial charge on any atom is -0.276 e. The van der Waals surface area contributed by atoms with Crippen LogP contribution in [0.3, 0.4) is 0 Å². The second-order valence-corrected chi connectivity index (χ2v) is 8.65. The van der Waals surface area contributed by atoms with Gasteiger partial charge in [-0.05, 0) is 37.1 Å². The molecule has 0 unspecified atom stereocenters. The highest BCUT2D eigenvalue weighted by molar-refractivity contribution is 7.92. The first-order valence-electron chi connectivity index (χ1n) is 9.33. The molecule has 1 aromatic carbocycles.